The maximum absolute atomic E-state index is 5.52. The molecule has 1 N–H and O–H groups in total. The van der Waals surface area contributed by atoms with Crippen molar-refractivity contribution < 1.29 is 4.74 Å². The molecule has 0 saturated heterocycles. The molecule has 2 aromatic rings. The summed E-state index contributed by atoms with van der Waals surface area (Å²) in [5.74, 6) is 1.06. The Balaban J connectivity index is 1.63. The Morgan fingerprint density at radius 3 is 3.17 bits per heavy atom. The summed E-state index contributed by atoms with van der Waals surface area (Å²) in [6.45, 7) is 3.95. The molecule has 18 heavy (non-hydrogen) atoms. The predicted molar refractivity (Wildman–Crippen MR) is 75.2 cm³/mol. The summed E-state index contributed by atoms with van der Waals surface area (Å²) in [5, 5.41) is 5.69. The lowest BCUT2D eigenvalue weighted by atomic mass is 10.1. The van der Waals surface area contributed by atoms with Crippen LogP contribution in [0, 0.1) is 0 Å². The molecule has 0 fully saturated rings. The Labute approximate surface area is 112 Å². The summed E-state index contributed by atoms with van der Waals surface area (Å²) in [5.41, 5.74) is 2.68. The third-order valence-corrected chi connectivity index (χ3v) is 4.39. The third-order valence-electron chi connectivity index (χ3n) is 3.34. The Hall–Kier alpha value is -1.32. The molecule has 3 heteroatoms. The molecule has 94 valence electrons. The fourth-order valence-electron chi connectivity index (χ4n) is 2.26. The number of thiophene rings is 1. The van der Waals surface area contributed by atoms with Crippen LogP contribution >= 0.6 is 11.3 Å². The third kappa shape index (κ3) is 2.42. The molecule has 0 aliphatic carbocycles. The van der Waals surface area contributed by atoms with Crippen LogP contribution in [0.15, 0.2) is 35.7 Å². The van der Waals surface area contributed by atoms with Gasteiger partial charge in [-0.05, 0) is 35.6 Å². The van der Waals surface area contributed by atoms with Crippen molar-refractivity contribution in [3.05, 3.63) is 51.7 Å². The average molecular weight is 259 g/mol. The van der Waals surface area contributed by atoms with Crippen molar-refractivity contribution in [1.82, 2.24) is 5.32 Å². The van der Waals surface area contributed by atoms with Crippen LogP contribution in [0.3, 0.4) is 0 Å². The summed E-state index contributed by atoms with van der Waals surface area (Å²) in [6.07, 6.45) is 1.05. The second kappa shape index (κ2) is 5.12. The van der Waals surface area contributed by atoms with E-state index in [2.05, 4.69) is 48.0 Å². The van der Waals surface area contributed by atoms with Gasteiger partial charge in [0.25, 0.3) is 0 Å². The normalized spacial score (nSPS) is 15.2. The lowest BCUT2D eigenvalue weighted by Gasteiger charge is -2.12. The van der Waals surface area contributed by atoms with Crippen LogP contribution in [-0.4, -0.2) is 6.61 Å². The van der Waals surface area contributed by atoms with Gasteiger partial charge >= 0.3 is 0 Å². The van der Waals surface area contributed by atoms with E-state index in [4.69, 9.17) is 4.74 Å². The maximum atomic E-state index is 5.52. The SMILES string of the molecule is CC(NCc1ccc2c(c1)CCO2)c1cccs1. The molecule has 1 aromatic carbocycles. The molecule has 0 amide bonds. The Bertz CT molecular complexity index is 521. The number of fused-ring (bicyclic) bond motifs is 1. The van der Waals surface area contributed by atoms with Crippen molar-refractivity contribution in [2.24, 2.45) is 0 Å². The highest BCUT2D eigenvalue weighted by molar-refractivity contribution is 7.10. The zero-order valence-corrected chi connectivity index (χ0v) is 11.3. The standard InChI is InChI=1S/C15H17NOS/c1-11(15-3-2-8-18-15)16-10-12-4-5-14-13(9-12)6-7-17-14/h2-5,8-9,11,16H,6-7,10H2,1H3. The highest BCUT2D eigenvalue weighted by Crippen LogP contribution is 2.26. The number of ether oxygens (including phenoxy) is 1. The van der Waals surface area contributed by atoms with Crippen molar-refractivity contribution in [3.8, 4) is 5.75 Å². The van der Waals surface area contributed by atoms with E-state index < -0.39 is 0 Å². The van der Waals surface area contributed by atoms with E-state index in [0.717, 1.165) is 25.3 Å². The van der Waals surface area contributed by atoms with Gasteiger partial charge in [-0.15, -0.1) is 11.3 Å². The molecule has 3 rings (SSSR count). The smallest absolute Gasteiger partial charge is 0.122 e. The first kappa shape index (κ1) is 11.8. The van der Waals surface area contributed by atoms with Crippen LogP contribution in [0.4, 0.5) is 0 Å². The van der Waals surface area contributed by atoms with Gasteiger partial charge in [-0.25, -0.2) is 0 Å². The van der Waals surface area contributed by atoms with E-state index in [0.29, 0.717) is 6.04 Å². The highest BCUT2D eigenvalue weighted by atomic mass is 32.1. The molecule has 2 nitrogen and oxygen atoms in total. The summed E-state index contributed by atoms with van der Waals surface area (Å²) in [4.78, 5) is 1.39. The Kier molecular flexibility index (Phi) is 3.35. The maximum Gasteiger partial charge on any atom is 0.122 e. The van der Waals surface area contributed by atoms with Gasteiger partial charge < -0.3 is 10.1 Å². The molecule has 1 aliphatic heterocycles. The van der Waals surface area contributed by atoms with Gasteiger partial charge in [-0.2, -0.15) is 0 Å². The first-order valence-corrected chi connectivity index (χ1v) is 7.22. The van der Waals surface area contributed by atoms with Gasteiger partial charge in [0.1, 0.15) is 5.75 Å². The van der Waals surface area contributed by atoms with E-state index in [-0.39, 0.29) is 0 Å². The number of rotatable bonds is 4. The molecule has 1 atom stereocenters. The van der Waals surface area contributed by atoms with Crippen molar-refractivity contribution in [3.63, 3.8) is 0 Å². The minimum absolute atomic E-state index is 0.412. The van der Waals surface area contributed by atoms with E-state index in [9.17, 15) is 0 Å². The molecule has 0 saturated carbocycles. The number of nitrogens with one attached hydrogen (secondary N) is 1. The molecular formula is C15H17NOS. The molecule has 1 unspecified atom stereocenters. The zero-order valence-electron chi connectivity index (χ0n) is 10.5. The molecule has 2 heterocycles. The van der Waals surface area contributed by atoms with E-state index >= 15 is 0 Å². The van der Waals surface area contributed by atoms with Crippen LogP contribution in [0.5, 0.6) is 5.75 Å². The van der Waals surface area contributed by atoms with E-state index in [1.54, 1.807) is 11.3 Å². The van der Waals surface area contributed by atoms with Gasteiger partial charge in [0, 0.05) is 23.9 Å². The lowest BCUT2D eigenvalue weighted by Crippen LogP contribution is -2.17. The minimum Gasteiger partial charge on any atom is -0.493 e. The van der Waals surface area contributed by atoms with Crippen LogP contribution in [0.25, 0.3) is 0 Å². The molecule has 0 radical (unpaired) electrons. The second-order valence-electron chi connectivity index (χ2n) is 4.66. The largest absolute Gasteiger partial charge is 0.493 e. The number of hydrogen-bond acceptors (Lipinski definition) is 3. The Morgan fingerprint density at radius 2 is 2.33 bits per heavy atom. The van der Waals surface area contributed by atoms with Crippen molar-refractivity contribution in [2.75, 3.05) is 6.61 Å². The quantitative estimate of drug-likeness (QED) is 0.907. The fraction of sp³-hybridized carbons (Fsp3) is 0.333. The first-order valence-electron chi connectivity index (χ1n) is 6.34. The van der Waals surface area contributed by atoms with Crippen LogP contribution < -0.4 is 10.1 Å². The van der Waals surface area contributed by atoms with Gasteiger partial charge in [0.15, 0.2) is 0 Å². The van der Waals surface area contributed by atoms with Crippen LogP contribution in [-0.2, 0) is 13.0 Å². The second-order valence-corrected chi connectivity index (χ2v) is 5.64. The van der Waals surface area contributed by atoms with Crippen LogP contribution in [0.1, 0.15) is 29.0 Å². The molecular weight excluding hydrogens is 242 g/mol. The van der Waals surface area contributed by atoms with Crippen molar-refractivity contribution in [2.45, 2.75) is 25.9 Å². The molecule has 0 bridgehead atoms. The fourth-order valence-corrected chi connectivity index (χ4v) is 3.02. The summed E-state index contributed by atoms with van der Waals surface area (Å²) < 4.78 is 5.52. The Morgan fingerprint density at radius 1 is 1.39 bits per heavy atom. The number of hydrogen-bond donors (Lipinski definition) is 1. The van der Waals surface area contributed by atoms with E-state index in [1.807, 2.05) is 0 Å². The minimum atomic E-state index is 0.412. The summed E-state index contributed by atoms with van der Waals surface area (Å²) >= 11 is 1.80. The lowest BCUT2D eigenvalue weighted by molar-refractivity contribution is 0.357. The summed E-state index contributed by atoms with van der Waals surface area (Å²) in [7, 11) is 0. The summed E-state index contributed by atoms with van der Waals surface area (Å²) in [6, 6.07) is 11.2. The van der Waals surface area contributed by atoms with Gasteiger partial charge in [0.05, 0.1) is 6.61 Å². The van der Waals surface area contributed by atoms with Crippen LogP contribution in [0.2, 0.25) is 0 Å². The molecule has 1 aromatic heterocycles. The number of benzene rings is 1. The van der Waals surface area contributed by atoms with Crippen molar-refractivity contribution in [1.29, 1.82) is 0 Å². The molecule has 1 aliphatic rings. The monoisotopic (exact) mass is 259 g/mol. The van der Waals surface area contributed by atoms with E-state index in [1.165, 1.54) is 16.0 Å². The highest BCUT2D eigenvalue weighted by Gasteiger charge is 2.12. The topological polar surface area (TPSA) is 21.3 Å². The first-order chi connectivity index (χ1) is 8.83. The van der Waals surface area contributed by atoms with Gasteiger partial charge in [-0.1, -0.05) is 18.2 Å². The van der Waals surface area contributed by atoms with Gasteiger partial charge in [-0.3, -0.25) is 0 Å². The zero-order chi connectivity index (χ0) is 12.4. The average Bonchev–Trinajstić information content (AvgIpc) is 3.05. The van der Waals surface area contributed by atoms with Crippen molar-refractivity contribution >= 4 is 11.3 Å². The predicted octanol–water partition coefficient (Wildman–Crippen LogP) is 3.53. The molecule has 0 spiro atoms. The van der Waals surface area contributed by atoms with Gasteiger partial charge in [0.2, 0.25) is 0 Å².